The maximum absolute atomic E-state index is 6.06. The third-order valence-electron chi connectivity index (χ3n) is 2.21. The molecule has 4 nitrogen and oxygen atoms in total. The van der Waals surface area contributed by atoms with Gasteiger partial charge in [0.15, 0.2) is 5.82 Å². The molecule has 0 aliphatic carbocycles. The minimum Gasteiger partial charge on any atom is -0.377 e. The van der Waals surface area contributed by atoms with Crippen molar-refractivity contribution < 1.29 is 4.74 Å². The Bertz CT molecular complexity index is 592. The van der Waals surface area contributed by atoms with Gasteiger partial charge < -0.3 is 10.1 Å². The van der Waals surface area contributed by atoms with Crippen molar-refractivity contribution in [3.05, 3.63) is 45.3 Å². The van der Waals surface area contributed by atoms with Gasteiger partial charge in [-0.05, 0) is 18.2 Å². The van der Waals surface area contributed by atoms with Crippen LogP contribution < -0.4 is 5.32 Å². The van der Waals surface area contributed by atoms with Crippen LogP contribution in [0, 0.1) is 0 Å². The van der Waals surface area contributed by atoms with E-state index in [1.165, 1.54) is 0 Å². The molecule has 0 amide bonds. The first kappa shape index (κ1) is 14.3. The van der Waals surface area contributed by atoms with Crippen molar-refractivity contribution in [2.45, 2.75) is 6.61 Å². The average molecular weight is 319 g/mol. The minimum absolute atomic E-state index is 0.276. The largest absolute Gasteiger partial charge is 0.377 e. The maximum atomic E-state index is 6.06. The molecule has 2 aromatic rings. The molecule has 0 fully saturated rings. The summed E-state index contributed by atoms with van der Waals surface area (Å²) in [5.41, 5.74) is 0.646. The summed E-state index contributed by atoms with van der Waals surface area (Å²) in [5.74, 6) is 1.01. The number of anilines is 2. The van der Waals surface area contributed by atoms with Crippen LogP contribution in [0.4, 0.5) is 11.5 Å². The molecule has 100 valence electrons. The minimum atomic E-state index is 0.276. The summed E-state index contributed by atoms with van der Waals surface area (Å²) >= 11 is 17.9. The molecule has 0 unspecified atom stereocenters. The van der Waals surface area contributed by atoms with Gasteiger partial charge in [0.05, 0.1) is 10.7 Å². The highest BCUT2D eigenvalue weighted by atomic mass is 35.5. The van der Waals surface area contributed by atoms with Crippen molar-refractivity contribution in [1.29, 1.82) is 0 Å². The number of rotatable bonds is 4. The van der Waals surface area contributed by atoms with Crippen LogP contribution >= 0.6 is 34.8 Å². The molecule has 0 spiro atoms. The average Bonchev–Trinajstić information content (AvgIpc) is 2.33. The number of nitrogens with one attached hydrogen (secondary N) is 1. The summed E-state index contributed by atoms with van der Waals surface area (Å²) in [6.45, 7) is 0.276. The lowest BCUT2D eigenvalue weighted by atomic mass is 10.3. The monoisotopic (exact) mass is 317 g/mol. The molecule has 1 aromatic heterocycles. The Hall–Kier alpha value is -1.07. The zero-order chi connectivity index (χ0) is 13.8. The second-order valence-corrected chi connectivity index (χ2v) is 4.91. The van der Waals surface area contributed by atoms with Crippen LogP contribution in [0.15, 0.2) is 24.3 Å². The van der Waals surface area contributed by atoms with Gasteiger partial charge in [0, 0.05) is 18.2 Å². The predicted molar refractivity (Wildman–Crippen MR) is 77.5 cm³/mol. The highest BCUT2D eigenvalue weighted by Gasteiger charge is 2.06. The fraction of sp³-hybridized carbons (Fsp3) is 0.167. The van der Waals surface area contributed by atoms with E-state index in [0.29, 0.717) is 32.5 Å². The molecule has 1 heterocycles. The standard InChI is InChI=1S/C12H10Cl3N3O/c1-19-6-12-17-10(15)5-11(18-12)16-9-4-7(13)2-3-8(9)14/h2-5H,6H2,1H3,(H,16,17,18). The first-order chi connectivity index (χ1) is 9.08. The Morgan fingerprint density at radius 2 is 1.95 bits per heavy atom. The van der Waals surface area contributed by atoms with Crippen LogP contribution in [0.2, 0.25) is 15.2 Å². The van der Waals surface area contributed by atoms with Gasteiger partial charge >= 0.3 is 0 Å². The maximum Gasteiger partial charge on any atom is 0.158 e. The van der Waals surface area contributed by atoms with E-state index in [0.717, 1.165) is 0 Å². The summed E-state index contributed by atoms with van der Waals surface area (Å²) in [6, 6.07) is 6.71. The van der Waals surface area contributed by atoms with Gasteiger partial charge in [0.1, 0.15) is 17.6 Å². The number of ether oxygens (including phenoxy) is 1. The Labute approximate surface area is 125 Å². The number of hydrogen-bond donors (Lipinski definition) is 1. The summed E-state index contributed by atoms with van der Waals surface area (Å²) in [4.78, 5) is 8.29. The van der Waals surface area contributed by atoms with E-state index in [1.54, 1.807) is 31.4 Å². The fourth-order valence-corrected chi connectivity index (χ4v) is 1.99. The molecular weight excluding hydrogens is 309 g/mol. The van der Waals surface area contributed by atoms with Gasteiger partial charge in [0.25, 0.3) is 0 Å². The zero-order valence-corrected chi connectivity index (χ0v) is 12.2. The molecule has 1 N–H and O–H groups in total. The molecule has 0 aliphatic rings. The van der Waals surface area contributed by atoms with Crippen LogP contribution in [0.5, 0.6) is 0 Å². The second-order valence-electron chi connectivity index (χ2n) is 3.67. The zero-order valence-electron chi connectivity index (χ0n) is 9.95. The van der Waals surface area contributed by atoms with Gasteiger partial charge in [-0.15, -0.1) is 0 Å². The van der Waals surface area contributed by atoms with Gasteiger partial charge in [-0.3, -0.25) is 0 Å². The lowest BCUT2D eigenvalue weighted by molar-refractivity contribution is 0.178. The highest BCUT2D eigenvalue weighted by molar-refractivity contribution is 6.35. The number of aromatic nitrogens is 2. The highest BCUT2D eigenvalue weighted by Crippen LogP contribution is 2.28. The molecule has 7 heteroatoms. The van der Waals surface area contributed by atoms with Crippen molar-refractivity contribution in [2.75, 3.05) is 12.4 Å². The first-order valence-electron chi connectivity index (χ1n) is 5.33. The topological polar surface area (TPSA) is 47.0 Å². The van der Waals surface area contributed by atoms with Gasteiger partial charge in [-0.1, -0.05) is 34.8 Å². The van der Waals surface area contributed by atoms with Gasteiger partial charge in [0.2, 0.25) is 0 Å². The number of hydrogen-bond acceptors (Lipinski definition) is 4. The Kier molecular flexibility index (Phi) is 4.82. The predicted octanol–water partition coefficient (Wildman–Crippen LogP) is 4.33. The molecule has 2 rings (SSSR count). The molecule has 0 bridgehead atoms. The molecule has 1 aromatic carbocycles. The summed E-state index contributed by atoms with van der Waals surface area (Å²) < 4.78 is 4.97. The Morgan fingerprint density at radius 1 is 1.16 bits per heavy atom. The first-order valence-corrected chi connectivity index (χ1v) is 6.46. The second kappa shape index (κ2) is 6.39. The van der Waals surface area contributed by atoms with Crippen molar-refractivity contribution in [3.8, 4) is 0 Å². The van der Waals surface area contributed by atoms with Crippen LogP contribution in [-0.2, 0) is 11.3 Å². The number of benzene rings is 1. The van der Waals surface area contributed by atoms with E-state index in [1.807, 2.05) is 0 Å². The quantitative estimate of drug-likeness (QED) is 0.853. The molecule has 0 atom stereocenters. The molecule has 0 saturated carbocycles. The fourth-order valence-electron chi connectivity index (χ4n) is 1.45. The van der Waals surface area contributed by atoms with Crippen molar-refractivity contribution in [3.63, 3.8) is 0 Å². The van der Waals surface area contributed by atoms with E-state index >= 15 is 0 Å². The smallest absolute Gasteiger partial charge is 0.158 e. The van der Waals surface area contributed by atoms with E-state index in [2.05, 4.69) is 15.3 Å². The van der Waals surface area contributed by atoms with Crippen LogP contribution in [0.1, 0.15) is 5.82 Å². The Morgan fingerprint density at radius 3 is 2.68 bits per heavy atom. The van der Waals surface area contributed by atoms with Crippen molar-refractivity contribution in [2.24, 2.45) is 0 Å². The van der Waals surface area contributed by atoms with E-state index in [4.69, 9.17) is 39.5 Å². The summed E-state index contributed by atoms with van der Waals surface area (Å²) in [7, 11) is 1.56. The van der Waals surface area contributed by atoms with Crippen LogP contribution in [0.3, 0.4) is 0 Å². The Balaban J connectivity index is 2.29. The van der Waals surface area contributed by atoms with Crippen molar-refractivity contribution in [1.82, 2.24) is 9.97 Å². The summed E-state index contributed by atoms with van der Waals surface area (Å²) in [5, 5.41) is 4.48. The van der Waals surface area contributed by atoms with Crippen LogP contribution in [-0.4, -0.2) is 17.1 Å². The number of methoxy groups -OCH3 is 1. The summed E-state index contributed by atoms with van der Waals surface area (Å²) in [6.07, 6.45) is 0. The van der Waals surface area contributed by atoms with Gasteiger partial charge in [-0.25, -0.2) is 9.97 Å². The lowest BCUT2D eigenvalue weighted by Crippen LogP contribution is -2.02. The molecule has 0 saturated heterocycles. The molecular formula is C12H10Cl3N3O. The number of nitrogens with zero attached hydrogens (tertiary/aromatic N) is 2. The SMILES string of the molecule is COCc1nc(Cl)cc(Nc2cc(Cl)ccc2Cl)n1. The van der Waals surface area contributed by atoms with E-state index in [-0.39, 0.29) is 6.61 Å². The third kappa shape index (κ3) is 3.94. The number of halogens is 3. The van der Waals surface area contributed by atoms with Crippen LogP contribution in [0.25, 0.3) is 0 Å². The molecule has 0 aliphatic heterocycles. The molecule has 0 radical (unpaired) electrons. The van der Waals surface area contributed by atoms with E-state index in [9.17, 15) is 0 Å². The normalized spacial score (nSPS) is 10.5. The molecule has 19 heavy (non-hydrogen) atoms. The third-order valence-corrected chi connectivity index (χ3v) is 2.96. The van der Waals surface area contributed by atoms with E-state index < -0.39 is 0 Å². The lowest BCUT2D eigenvalue weighted by Gasteiger charge is -2.09. The van der Waals surface area contributed by atoms with Crippen molar-refractivity contribution >= 4 is 46.3 Å². The van der Waals surface area contributed by atoms with Gasteiger partial charge in [-0.2, -0.15) is 0 Å².